The van der Waals surface area contributed by atoms with Gasteiger partial charge < -0.3 is 10.1 Å². The summed E-state index contributed by atoms with van der Waals surface area (Å²) in [5.74, 6) is -0.314. The molecular formula is C20H19BrN2O4. The number of hydrogen-bond acceptors (Lipinski definition) is 4. The molecule has 2 aromatic rings. The number of ketones is 1. The first-order valence-electron chi connectivity index (χ1n) is 8.45. The van der Waals surface area contributed by atoms with Crippen molar-refractivity contribution in [3.63, 3.8) is 0 Å². The van der Waals surface area contributed by atoms with E-state index in [-0.39, 0.29) is 24.2 Å². The lowest BCUT2D eigenvalue weighted by Crippen LogP contribution is -2.49. The number of carbonyl (C=O) groups excluding carboxylic acids is 3. The summed E-state index contributed by atoms with van der Waals surface area (Å²) in [5.41, 5.74) is 2.45. The van der Waals surface area contributed by atoms with Gasteiger partial charge in [-0.2, -0.15) is 0 Å². The van der Waals surface area contributed by atoms with Gasteiger partial charge in [-0.1, -0.05) is 15.9 Å². The summed E-state index contributed by atoms with van der Waals surface area (Å²) < 4.78 is 6.36. The van der Waals surface area contributed by atoms with Crippen LogP contribution in [0.1, 0.15) is 29.8 Å². The van der Waals surface area contributed by atoms with Crippen molar-refractivity contribution in [3.05, 3.63) is 52.0 Å². The Morgan fingerprint density at radius 3 is 2.63 bits per heavy atom. The molecule has 0 spiro atoms. The number of hydrogen-bond donors (Lipinski definition) is 1. The number of fused-ring (bicyclic) bond motifs is 1. The number of aryl methyl sites for hydroxylation is 1. The van der Waals surface area contributed by atoms with Gasteiger partial charge in [-0.05, 0) is 62.7 Å². The van der Waals surface area contributed by atoms with Crippen molar-refractivity contribution in [2.45, 2.75) is 26.8 Å². The van der Waals surface area contributed by atoms with Gasteiger partial charge in [-0.3, -0.25) is 19.3 Å². The number of halogens is 1. The van der Waals surface area contributed by atoms with Gasteiger partial charge in [0.1, 0.15) is 11.8 Å². The first-order chi connectivity index (χ1) is 12.8. The summed E-state index contributed by atoms with van der Waals surface area (Å²) >= 11 is 3.39. The molecule has 140 valence electrons. The van der Waals surface area contributed by atoms with Crippen LogP contribution in [-0.4, -0.2) is 30.2 Å². The molecule has 7 heteroatoms. The molecule has 0 aliphatic carbocycles. The molecule has 1 heterocycles. The Kier molecular flexibility index (Phi) is 5.32. The van der Waals surface area contributed by atoms with Gasteiger partial charge in [0, 0.05) is 15.7 Å². The molecular weight excluding hydrogens is 412 g/mol. The number of rotatable bonds is 4. The molecule has 2 aromatic carbocycles. The molecule has 1 aliphatic rings. The molecule has 3 rings (SSSR count). The van der Waals surface area contributed by atoms with Crippen molar-refractivity contribution in [3.8, 4) is 5.75 Å². The maximum absolute atomic E-state index is 12.8. The SMILES string of the molecule is CC(=O)c1ccc2c(c1)N(C(C)C(=O)Nc1ccc(Br)cc1C)C(=O)CO2. The van der Waals surface area contributed by atoms with Crippen LogP contribution in [0, 0.1) is 6.92 Å². The normalized spacial score (nSPS) is 14.2. The quantitative estimate of drug-likeness (QED) is 0.749. The average molecular weight is 431 g/mol. The van der Waals surface area contributed by atoms with E-state index in [1.54, 1.807) is 31.2 Å². The molecule has 2 amide bonds. The lowest BCUT2D eigenvalue weighted by Gasteiger charge is -2.33. The Balaban J connectivity index is 1.90. The number of ether oxygens (including phenoxy) is 1. The van der Waals surface area contributed by atoms with E-state index in [1.165, 1.54) is 11.8 Å². The van der Waals surface area contributed by atoms with E-state index in [0.717, 1.165) is 10.0 Å². The van der Waals surface area contributed by atoms with Crippen LogP contribution in [0.25, 0.3) is 0 Å². The minimum atomic E-state index is -0.773. The van der Waals surface area contributed by atoms with Crippen LogP contribution in [0.3, 0.4) is 0 Å². The van der Waals surface area contributed by atoms with Crippen molar-refractivity contribution < 1.29 is 19.1 Å². The maximum atomic E-state index is 12.8. The summed E-state index contributed by atoms with van der Waals surface area (Å²) in [7, 11) is 0. The van der Waals surface area contributed by atoms with Crippen LogP contribution in [0.2, 0.25) is 0 Å². The number of nitrogens with one attached hydrogen (secondary N) is 1. The van der Waals surface area contributed by atoms with Gasteiger partial charge in [0.05, 0.1) is 5.69 Å². The van der Waals surface area contributed by atoms with Crippen LogP contribution in [0.4, 0.5) is 11.4 Å². The van der Waals surface area contributed by atoms with Crippen LogP contribution in [0.15, 0.2) is 40.9 Å². The van der Waals surface area contributed by atoms with Crippen LogP contribution in [-0.2, 0) is 9.59 Å². The van der Waals surface area contributed by atoms with E-state index in [4.69, 9.17) is 4.74 Å². The molecule has 27 heavy (non-hydrogen) atoms. The number of carbonyl (C=O) groups is 3. The molecule has 0 aromatic heterocycles. The monoisotopic (exact) mass is 430 g/mol. The smallest absolute Gasteiger partial charge is 0.265 e. The number of anilines is 2. The van der Waals surface area contributed by atoms with Crippen molar-refractivity contribution in [1.29, 1.82) is 0 Å². The number of nitrogens with zero attached hydrogens (tertiary/aromatic N) is 1. The molecule has 0 radical (unpaired) electrons. The zero-order valence-corrected chi connectivity index (χ0v) is 16.8. The van der Waals surface area contributed by atoms with Crippen LogP contribution in [0.5, 0.6) is 5.75 Å². The van der Waals surface area contributed by atoms with Crippen LogP contribution < -0.4 is 15.0 Å². The lowest BCUT2D eigenvalue weighted by atomic mass is 10.1. The molecule has 1 atom stereocenters. The third-order valence-electron chi connectivity index (χ3n) is 4.46. The van der Waals surface area contributed by atoms with Gasteiger partial charge in [-0.25, -0.2) is 0 Å². The largest absolute Gasteiger partial charge is 0.482 e. The summed E-state index contributed by atoms with van der Waals surface area (Å²) in [6.45, 7) is 4.84. The van der Waals surface area contributed by atoms with Crippen molar-refractivity contribution in [1.82, 2.24) is 0 Å². The number of benzene rings is 2. The van der Waals surface area contributed by atoms with E-state index in [1.807, 2.05) is 19.1 Å². The van der Waals surface area contributed by atoms with Crippen LogP contribution >= 0.6 is 15.9 Å². The highest BCUT2D eigenvalue weighted by Gasteiger charge is 2.33. The Morgan fingerprint density at radius 2 is 1.96 bits per heavy atom. The Morgan fingerprint density at radius 1 is 1.22 bits per heavy atom. The first kappa shape index (κ1) is 19.1. The molecule has 1 aliphatic heterocycles. The van der Waals surface area contributed by atoms with E-state index in [2.05, 4.69) is 21.2 Å². The number of amides is 2. The Bertz CT molecular complexity index is 942. The van der Waals surface area contributed by atoms with Gasteiger partial charge in [0.15, 0.2) is 12.4 Å². The molecule has 6 nitrogen and oxygen atoms in total. The standard InChI is InChI=1S/C20H19BrN2O4/c1-11-8-15(21)5-6-16(11)22-20(26)12(2)23-17-9-14(13(3)24)4-7-18(17)27-10-19(23)25/h4-9,12H,10H2,1-3H3,(H,22,26). The van der Waals surface area contributed by atoms with Crippen molar-refractivity contribution in [2.75, 3.05) is 16.8 Å². The van der Waals surface area contributed by atoms with E-state index < -0.39 is 6.04 Å². The average Bonchev–Trinajstić information content (AvgIpc) is 2.62. The van der Waals surface area contributed by atoms with Gasteiger partial charge in [-0.15, -0.1) is 0 Å². The third-order valence-corrected chi connectivity index (χ3v) is 4.95. The molecule has 0 fully saturated rings. The van der Waals surface area contributed by atoms with E-state index in [9.17, 15) is 14.4 Å². The van der Waals surface area contributed by atoms with Gasteiger partial charge in [0.25, 0.3) is 5.91 Å². The summed E-state index contributed by atoms with van der Waals surface area (Å²) in [5, 5.41) is 2.86. The minimum Gasteiger partial charge on any atom is -0.482 e. The summed E-state index contributed by atoms with van der Waals surface area (Å²) in [6.07, 6.45) is 0. The van der Waals surface area contributed by atoms with E-state index >= 15 is 0 Å². The molecule has 1 unspecified atom stereocenters. The van der Waals surface area contributed by atoms with Crippen molar-refractivity contribution in [2.24, 2.45) is 0 Å². The third kappa shape index (κ3) is 3.88. The molecule has 1 N–H and O–H groups in total. The number of Topliss-reactive ketones (excluding diaryl/α,β-unsaturated/α-hetero) is 1. The first-order valence-corrected chi connectivity index (χ1v) is 9.24. The second-order valence-corrected chi connectivity index (χ2v) is 7.33. The molecule has 0 bridgehead atoms. The Hall–Kier alpha value is -2.67. The predicted molar refractivity (Wildman–Crippen MR) is 106 cm³/mol. The lowest BCUT2D eigenvalue weighted by molar-refractivity contribution is -0.125. The molecule has 0 saturated carbocycles. The highest BCUT2D eigenvalue weighted by molar-refractivity contribution is 9.10. The van der Waals surface area contributed by atoms with Crippen molar-refractivity contribution >= 4 is 44.9 Å². The van der Waals surface area contributed by atoms with E-state index in [0.29, 0.717) is 22.7 Å². The second-order valence-electron chi connectivity index (χ2n) is 6.42. The second kappa shape index (κ2) is 7.52. The fourth-order valence-electron chi connectivity index (χ4n) is 2.94. The zero-order valence-electron chi connectivity index (χ0n) is 15.2. The highest BCUT2D eigenvalue weighted by atomic mass is 79.9. The fraction of sp³-hybridized carbons (Fsp3) is 0.250. The topological polar surface area (TPSA) is 75.7 Å². The summed E-state index contributed by atoms with van der Waals surface area (Å²) in [6, 6.07) is 9.64. The maximum Gasteiger partial charge on any atom is 0.265 e. The zero-order chi connectivity index (χ0) is 19.7. The summed E-state index contributed by atoms with van der Waals surface area (Å²) in [4.78, 5) is 38.4. The van der Waals surface area contributed by atoms with Gasteiger partial charge >= 0.3 is 0 Å². The highest BCUT2D eigenvalue weighted by Crippen LogP contribution is 2.34. The predicted octanol–water partition coefficient (Wildman–Crippen LogP) is 3.71. The fourth-order valence-corrected chi connectivity index (χ4v) is 3.41. The molecule has 0 saturated heterocycles. The minimum absolute atomic E-state index is 0.127. The Labute approximate surface area is 165 Å². The van der Waals surface area contributed by atoms with Gasteiger partial charge in [0.2, 0.25) is 5.91 Å².